The predicted molar refractivity (Wildman–Crippen MR) is 105 cm³/mol. The number of nitrogens with zero attached hydrogens (tertiary/aromatic N) is 1. The number of ketones is 2. The number of methoxy groups -OCH3 is 1. The molecular formula is C21H24ClNO4. The lowest BCUT2D eigenvalue weighted by Gasteiger charge is -2.14. The Balaban J connectivity index is 2.35. The van der Waals surface area contributed by atoms with E-state index in [4.69, 9.17) is 21.1 Å². The monoisotopic (exact) mass is 389 g/mol. The van der Waals surface area contributed by atoms with Crippen molar-refractivity contribution in [2.24, 2.45) is 0 Å². The molecule has 6 heteroatoms. The van der Waals surface area contributed by atoms with E-state index >= 15 is 0 Å². The van der Waals surface area contributed by atoms with Gasteiger partial charge in [-0.1, -0.05) is 31.5 Å². The van der Waals surface area contributed by atoms with Gasteiger partial charge in [0.05, 0.1) is 11.6 Å². The number of halogens is 1. The number of hydrogen-bond donors (Lipinski definition) is 0. The molecule has 0 fully saturated rings. The van der Waals surface area contributed by atoms with Crippen molar-refractivity contribution in [2.75, 3.05) is 20.3 Å². The molecule has 0 N–H and O–H groups in total. The van der Waals surface area contributed by atoms with Crippen LogP contribution in [0.1, 0.15) is 58.8 Å². The molecule has 2 aromatic rings. The third kappa shape index (κ3) is 5.37. The van der Waals surface area contributed by atoms with E-state index < -0.39 is 0 Å². The molecule has 0 unspecified atom stereocenters. The van der Waals surface area contributed by atoms with Gasteiger partial charge in [-0.3, -0.25) is 9.59 Å². The van der Waals surface area contributed by atoms with Gasteiger partial charge in [0.1, 0.15) is 18.1 Å². The fraction of sp³-hybridized carbons (Fsp3) is 0.381. The third-order valence-electron chi connectivity index (χ3n) is 4.12. The Morgan fingerprint density at radius 1 is 1.15 bits per heavy atom. The summed E-state index contributed by atoms with van der Waals surface area (Å²) in [5.41, 5.74) is 2.07. The number of carbonyl (C=O) groups excluding carboxylic acids is 2. The zero-order chi connectivity index (χ0) is 20.0. The van der Waals surface area contributed by atoms with Crippen LogP contribution in [-0.2, 0) is 11.2 Å². The average Bonchev–Trinajstić information content (AvgIpc) is 2.64. The molecular weight excluding hydrogens is 366 g/mol. The first-order valence-electron chi connectivity index (χ1n) is 8.79. The van der Waals surface area contributed by atoms with Gasteiger partial charge >= 0.3 is 0 Å². The predicted octanol–water partition coefficient (Wildman–Crippen LogP) is 4.51. The van der Waals surface area contributed by atoms with E-state index in [1.165, 1.54) is 6.92 Å². The van der Waals surface area contributed by atoms with Crippen LogP contribution in [0, 0.1) is 0 Å². The third-order valence-corrected chi connectivity index (χ3v) is 4.53. The zero-order valence-corrected chi connectivity index (χ0v) is 16.8. The molecule has 0 saturated carbocycles. The van der Waals surface area contributed by atoms with E-state index in [1.54, 1.807) is 25.3 Å². The van der Waals surface area contributed by atoms with Crippen molar-refractivity contribution in [3.63, 3.8) is 0 Å². The highest BCUT2D eigenvalue weighted by atomic mass is 35.5. The molecule has 2 rings (SSSR count). The van der Waals surface area contributed by atoms with Gasteiger partial charge in [0.25, 0.3) is 0 Å². The largest absolute Gasteiger partial charge is 0.490 e. The van der Waals surface area contributed by atoms with Crippen molar-refractivity contribution in [3.8, 4) is 5.75 Å². The zero-order valence-electron chi connectivity index (χ0n) is 16.0. The molecule has 0 aliphatic carbocycles. The van der Waals surface area contributed by atoms with Gasteiger partial charge in [-0.25, -0.2) is 4.98 Å². The highest BCUT2D eigenvalue weighted by molar-refractivity contribution is 6.33. The lowest BCUT2D eigenvalue weighted by atomic mass is 9.97. The molecule has 1 heterocycles. The molecule has 144 valence electrons. The molecule has 5 nitrogen and oxygen atoms in total. The van der Waals surface area contributed by atoms with E-state index in [-0.39, 0.29) is 28.9 Å². The van der Waals surface area contributed by atoms with Crippen molar-refractivity contribution in [2.45, 2.75) is 33.1 Å². The van der Waals surface area contributed by atoms with E-state index in [0.29, 0.717) is 35.8 Å². The van der Waals surface area contributed by atoms with Crippen LogP contribution in [-0.4, -0.2) is 36.9 Å². The van der Waals surface area contributed by atoms with Crippen LogP contribution in [0.4, 0.5) is 0 Å². The quantitative estimate of drug-likeness (QED) is 0.466. The summed E-state index contributed by atoms with van der Waals surface area (Å²) < 4.78 is 10.6. The van der Waals surface area contributed by atoms with Crippen LogP contribution in [0.5, 0.6) is 5.75 Å². The summed E-state index contributed by atoms with van der Waals surface area (Å²) in [6.45, 7) is 6.21. The Kier molecular flexibility index (Phi) is 7.51. The summed E-state index contributed by atoms with van der Waals surface area (Å²) >= 11 is 6.46. The Labute approximate surface area is 164 Å². The second kappa shape index (κ2) is 9.62. The number of Topliss-reactive ketones (excluding diaryl/α,β-unsaturated/α-hetero) is 2. The minimum atomic E-state index is -0.198. The summed E-state index contributed by atoms with van der Waals surface area (Å²) in [5, 5.41) is 0.271. The minimum Gasteiger partial charge on any atom is -0.490 e. The summed E-state index contributed by atoms with van der Waals surface area (Å²) in [4.78, 5) is 29.2. The van der Waals surface area contributed by atoms with Crippen LogP contribution in [0.3, 0.4) is 0 Å². The first-order valence-corrected chi connectivity index (χ1v) is 9.17. The van der Waals surface area contributed by atoms with E-state index in [9.17, 15) is 9.59 Å². The molecule has 0 radical (unpaired) electrons. The second-order valence-corrected chi connectivity index (χ2v) is 6.88. The van der Waals surface area contributed by atoms with Crippen LogP contribution in [0.15, 0.2) is 30.3 Å². The van der Waals surface area contributed by atoms with Crippen molar-refractivity contribution < 1.29 is 19.1 Å². The first kappa shape index (κ1) is 21.1. The Hall–Kier alpha value is -2.24. The molecule has 0 atom stereocenters. The SMILES string of the molecule is COCCOc1ccc(C(C)=O)c(CC(=O)c2cccc(C(C)C)n2)c1Cl. The van der Waals surface area contributed by atoms with Crippen molar-refractivity contribution >= 4 is 23.2 Å². The van der Waals surface area contributed by atoms with E-state index in [1.807, 2.05) is 26.0 Å². The normalized spacial score (nSPS) is 10.9. The van der Waals surface area contributed by atoms with Gasteiger partial charge in [0.2, 0.25) is 0 Å². The number of benzene rings is 1. The molecule has 1 aromatic carbocycles. The summed E-state index contributed by atoms with van der Waals surface area (Å²) in [7, 11) is 1.58. The standard InChI is InChI=1S/C21H24ClNO4/c1-13(2)17-6-5-7-18(23-17)19(25)12-16-15(14(3)24)8-9-20(21(16)22)27-11-10-26-4/h5-9,13H,10-12H2,1-4H3. The van der Waals surface area contributed by atoms with Crippen LogP contribution >= 0.6 is 11.6 Å². The highest BCUT2D eigenvalue weighted by Gasteiger charge is 2.20. The number of ether oxygens (including phenoxy) is 2. The maximum atomic E-state index is 12.8. The Bertz CT molecular complexity index is 833. The van der Waals surface area contributed by atoms with Crippen LogP contribution < -0.4 is 4.74 Å². The minimum absolute atomic E-state index is 0.0240. The maximum absolute atomic E-state index is 12.8. The van der Waals surface area contributed by atoms with E-state index in [2.05, 4.69) is 4.98 Å². The number of aromatic nitrogens is 1. The van der Waals surface area contributed by atoms with E-state index in [0.717, 1.165) is 5.69 Å². The fourth-order valence-electron chi connectivity index (χ4n) is 2.63. The molecule has 0 aliphatic rings. The second-order valence-electron chi connectivity index (χ2n) is 6.50. The first-order chi connectivity index (χ1) is 12.8. The van der Waals surface area contributed by atoms with Crippen LogP contribution in [0.2, 0.25) is 5.02 Å². The summed E-state index contributed by atoms with van der Waals surface area (Å²) in [6, 6.07) is 8.65. The molecule has 0 saturated heterocycles. The lowest BCUT2D eigenvalue weighted by molar-refractivity contribution is 0.0987. The molecule has 0 bridgehead atoms. The van der Waals surface area contributed by atoms with Gasteiger partial charge in [0.15, 0.2) is 11.6 Å². The molecule has 0 spiro atoms. The van der Waals surface area contributed by atoms with Gasteiger partial charge in [-0.15, -0.1) is 0 Å². The Morgan fingerprint density at radius 3 is 2.52 bits per heavy atom. The number of rotatable bonds is 9. The number of carbonyl (C=O) groups is 2. The van der Waals surface area contributed by atoms with Crippen molar-refractivity contribution in [3.05, 3.63) is 57.9 Å². The average molecular weight is 390 g/mol. The van der Waals surface area contributed by atoms with Gasteiger partial charge in [-0.05, 0) is 42.7 Å². The van der Waals surface area contributed by atoms with Gasteiger partial charge in [-0.2, -0.15) is 0 Å². The molecule has 0 amide bonds. The fourth-order valence-corrected chi connectivity index (χ4v) is 2.91. The van der Waals surface area contributed by atoms with Gasteiger partial charge in [0, 0.05) is 24.8 Å². The topological polar surface area (TPSA) is 65.5 Å². The van der Waals surface area contributed by atoms with Gasteiger partial charge < -0.3 is 9.47 Å². The number of hydrogen-bond acceptors (Lipinski definition) is 5. The number of pyridine rings is 1. The van der Waals surface area contributed by atoms with Crippen molar-refractivity contribution in [1.29, 1.82) is 0 Å². The smallest absolute Gasteiger partial charge is 0.185 e. The Morgan fingerprint density at radius 2 is 1.89 bits per heavy atom. The summed E-state index contributed by atoms with van der Waals surface area (Å²) in [6.07, 6.45) is -0.0240. The highest BCUT2D eigenvalue weighted by Crippen LogP contribution is 2.32. The lowest BCUT2D eigenvalue weighted by Crippen LogP contribution is -2.12. The van der Waals surface area contributed by atoms with Crippen molar-refractivity contribution in [1.82, 2.24) is 4.98 Å². The molecule has 0 aliphatic heterocycles. The molecule has 27 heavy (non-hydrogen) atoms. The maximum Gasteiger partial charge on any atom is 0.185 e. The van der Waals surface area contributed by atoms with Crippen LogP contribution in [0.25, 0.3) is 0 Å². The summed E-state index contributed by atoms with van der Waals surface area (Å²) in [5.74, 6) is 0.278. The molecule has 1 aromatic heterocycles.